The van der Waals surface area contributed by atoms with Crippen LogP contribution < -0.4 is 11.1 Å². The number of aryl methyl sites for hydroxylation is 2. The van der Waals surface area contributed by atoms with Gasteiger partial charge in [0.25, 0.3) is 0 Å². The highest BCUT2D eigenvalue weighted by molar-refractivity contribution is 5.76. The Labute approximate surface area is 171 Å². The van der Waals surface area contributed by atoms with Crippen molar-refractivity contribution in [3.63, 3.8) is 0 Å². The molecule has 9 heteroatoms. The number of pyridine rings is 2. The van der Waals surface area contributed by atoms with Crippen molar-refractivity contribution < 1.29 is 8.78 Å². The largest absolute Gasteiger partial charge is 0.397 e. The van der Waals surface area contributed by atoms with E-state index in [4.69, 9.17) is 5.73 Å². The molecular weight excluding hydrogens is 388 g/mol. The maximum absolute atomic E-state index is 14.6. The highest BCUT2D eigenvalue weighted by Gasteiger charge is 2.25. The average molecular weight is 407 g/mol. The number of hydrogen-bond acceptors (Lipinski definition) is 6. The molecule has 4 rings (SSSR count). The van der Waals surface area contributed by atoms with Crippen molar-refractivity contribution in [2.45, 2.75) is 13.0 Å². The number of nitrogens with one attached hydrogen (secondary N) is 1. The first kappa shape index (κ1) is 19.4. The summed E-state index contributed by atoms with van der Waals surface area (Å²) in [5, 5.41) is 11.2. The Bertz CT molecular complexity index is 1140. The molecule has 0 fully saturated rings. The third kappa shape index (κ3) is 3.57. The molecule has 0 saturated carbocycles. The fraction of sp³-hybridized carbons (Fsp3) is 0.143. The van der Waals surface area contributed by atoms with Crippen molar-refractivity contribution in [1.29, 1.82) is 0 Å². The molecule has 3 heterocycles. The second kappa shape index (κ2) is 7.86. The second-order valence-electron chi connectivity index (χ2n) is 6.77. The average Bonchev–Trinajstić information content (AvgIpc) is 3.07. The van der Waals surface area contributed by atoms with E-state index >= 15 is 0 Å². The second-order valence-corrected chi connectivity index (χ2v) is 6.77. The number of halogens is 2. The first-order valence-corrected chi connectivity index (χ1v) is 9.19. The number of hydrogen-bond donors (Lipinski definition) is 2. The molecule has 7 nitrogen and oxygen atoms in total. The topological polar surface area (TPSA) is 94.5 Å². The predicted octanol–water partition coefficient (Wildman–Crippen LogP) is 3.64. The van der Waals surface area contributed by atoms with Crippen LogP contribution in [0.2, 0.25) is 0 Å². The molecule has 0 spiro atoms. The number of benzene rings is 1. The van der Waals surface area contributed by atoms with E-state index in [1.807, 2.05) is 13.0 Å². The molecule has 0 radical (unpaired) electrons. The number of rotatable bonds is 5. The lowest BCUT2D eigenvalue weighted by Gasteiger charge is -2.21. The van der Waals surface area contributed by atoms with Crippen molar-refractivity contribution in [2.24, 2.45) is 7.05 Å². The Morgan fingerprint density at radius 2 is 1.63 bits per heavy atom. The fourth-order valence-corrected chi connectivity index (χ4v) is 3.33. The molecule has 3 N–H and O–H groups in total. The Kier molecular flexibility index (Phi) is 5.09. The van der Waals surface area contributed by atoms with E-state index in [2.05, 4.69) is 25.6 Å². The van der Waals surface area contributed by atoms with Crippen LogP contribution in [0.25, 0.3) is 11.3 Å². The van der Waals surface area contributed by atoms with Gasteiger partial charge in [-0.1, -0.05) is 11.3 Å². The molecule has 152 valence electrons. The van der Waals surface area contributed by atoms with Crippen molar-refractivity contribution in [2.75, 3.05) is 11.1 Å². The molecule has 0 unspecified atom stereocenters. The van der Waals surface area contributed by atoms with E-state index in [0.717, 1.165) is 17.0 Å². The zero-order chi connectivity index (χ0) is 21.3. The van der Waals surface area contributed by atoms with E-state index in [-0.39, 0.29) is 11.4 Å². The SMILES string of the molecule is Cc1nnn(C)c1-c1ccc(N)c(NC(c2ncccc2F)c2ncccc2F)c1. The van der Waals surface area contributed by atoms with E-state index in [1.165, 1.54) is 36.7 Å². The minimum Gasteiger partial charge on any atom is -0.397 e. The van der Waals surface area contributed by atoms with Gasteiger partial charge in [-0.05, 0) is 43.3 Å². The van der Waals surface area contributed by atoms with Gasteiger partial charge < -0.3 is 11.1 Å². The molecule has 0 bridgehead atoms. The van der Waals surface area contributed by atoms with Gasteiger partial charge in [0.05, 0.1) is 22.8 Å². The maximum atomic E-state index is 14.6. The van der Waals surface area contributed by atoms with Gasteiger partial charge in [0.2, 0.25) is 0 Å². The molecule has 30 heavy (non-hydrogen) atoms. The third-order valence-corrected chi connectivity index (χ3v) is 4.74. The number of anilines is 2. The summed E-state index contributed by atoms with van der Waals surface area (Å²) < 4.78 is 30.8. The van der Waals surface area contributed by atoms with Crippen molar-refractivity contribution in [3.8, 4) is 11.3 Å². The van der Waals surface area contributed by atoms with Crippen LogP contribution in [-0.4, -0.2) is 25.0 Å². The lowest BCUT2D eigenvalue weighted by molar-refractivity contribution is 0.564. The summed E-state index contributed by atoms with van der Waals surface area (Å²) >= 11 is 0. The minimum absolute atomic E-state index is 0.0123. The van der Waals surface area contributed by atoms with E-state index in [9.17, 15) is 8.78 Å². The minimum atomic E-state index is -0.990. The highest BCUT2D eigenvalue weighted by atomic mass is 19.1. The van der Waals surface area contributed by atoms with Crippen LogP contribution in [-0.2, 0) is 7.05 Å². The lowest BCUT2D eigenvalue weighted by atomic mass is 10.0. The van der Waals surface area contributed by atoms with E-state index in [1.54, 1.807) is 23.9 Å². The van der Waals surface area contributed by atoms with Gasteiger partial charge >= 0.3 is 0 Å². The molecule has 4 aromatic rings. The summed E-state index contributed by atoms with van der Waals surface area (Å²) in [6, 6.07) is 9.82. The highest BCUT2D eigenvalue weighted by Crippen LogP contribution is 2.33. The Hall–Kier alpha value is -3.88. The van der Waals surface area contributed by atoms with Gasteiger partial charge in [-0.3, -0.25) is 9.97 Å². The summed E-state index contributed by atoms with van der Waals surface area (Å²) in [4.78, 5) is 8.23. The van der Waals surface area contributed by atoms with Gasteiger partial charge in [0.1, 0.15) is 29.1 Å². The predicted molar refractivity (Wildman–Crippen MR) is 109 cm³/mol. The van der Waals surface area contributed by atoms with Crippen LogP contribution in [0.15, 0.2) is 54.9 Å². The number of nitrogens with two attached hydrogens (primary N) is 1. The van der Waals surface area contributed by atoms with Gasteiger partial charge in [0, 0.05) is 25.0 Å². The van der Waals surface area contributed by atoms with Gasteiger partial charge in [0.15, 0.2) is 0 Å². The Balaban J connectivity index is 1.82. The van der Waals surface area contributed by atoms with E-state index in [0.29, 0.717) is 11.4 Å². The molecule has 0 aliphatic rings. The molecule has 3 aromatic heterocycles. The first-order chi connectivity index (χ1) is 14.5. The van der Waals surface area contributed by atoms with E-state index < -0.39 is 17.7 Å². The van der Waals surface area contributed by atoms with Gasteiger partial charge in [-0.15, -0.1) is 5.10 Å². The molecule has 1 aromatic carbocycles. The molecule has 0 amide bonds. The van der Waals surface area contributed by atoms with Crippen LogP contribution >= 0.6 is 0 Å². The Morgan fingerprint density at radius 3 is 2.17 bits per heavy atom. The van der Waals surface area contributed by atoms with Crippen LogP contribution in [0.3, 0.4) is 0 Å². The maximum Gasteiger partial charge on any atom is 0.147 e. The molecule has 0 aliphatic heterocycles. The molecule has 0 saturated heterocycles. The zero-order valence-corrected chi connectivity index (χ0v) is 16.3. The van der Waals surface area contributed by atoms with Crippen LogP contribution in [0.5, 0.6) is 0 Å². The van der Waals surface area contributed by atoms with Crippen molar-refractivity contribution >= 4 is 11.4 Å². The summed E-state index contributed by atoms with van der Waals surface area (Å²) in [6.07, 6.45) is 2.89. The van der Waals surface area contributed by atoms with Crippen molar-refractivity contribution in [3.05, 3.63) is 83.6 Å². The summed E-state index contributed by atoms with van der Waals surface area (Å²) in [5.41, 5.74) is 9.44. The van der Waals surface area contributed by atoms with Gasteiger partial charge in [-0.25, -0.2) is 13.5 Å². The lowest BCUT2D eigenvalue weighted by Crippen LogP contribution is -2.19. The smallest absolute Gasteiger partial charge is 0.147 e. The molecule has 0 aliphatic carbocycles. The normalized spacial score (nSPS) is 11.1. The fourth-order valence-electron chi connectivity index (χ4n) is 3.33. The molecular formula is C21H19F2N7. The summed E-state index contributed by atoms with van der Waals surface area (Å²) in [5.74, 6) is -1.16. The Morgan fingerprint density at radius 1 is 1.00 bits per heavy atom. The van der Waals surface area contributed by atoms with Gasteiger partial charge in [-0.2, -0.15) is 0 Å². The monoisotopic (exact) mass is 407 g/mol. The third-order valence-electron chi connectivity index (χ3n) is 4.74. The number of nitrogen functional groups attached to an aromatic ring is 1. The zero-order valence-electron chi connectivity index (χ0n) is 16.3. The summed E-state index contributed by atoms with van der Waals surface area (Å²) in [7, 11) is 1.79. The number of nitrogens with zero attached hydrogens (tertiary/aromatic N) is 5. The standard InChI is InChI=1S/C21H19F2N7/c1-12-21(30(2)29-28-12)13-7-8-16(24)17(11-13)27-20(18-14(22)5-3-9-25-18)19-15(23)6-4-10-26-19/h3-11,20,27H,24H2,1-2H3. The summed E-state index contributed by atoms with van der Waals surface area (Å²) in [6.45, 7) is 1.85. The number of aromatic nitrogens is 5. The van der Waals surface area contributed by atoms with Crippen molar-refractivity contribution in [1.82, 2.24) is 25.0 Å². The van der Waals surface area contributed by atoms with Crippen LogP contribution in [0.4, 0.5) is 20.2 Å². The van der Waals surface area contributed by atoms with Crippen LogP contribution in [0.1, 0.15) is 23.1 Å². The first-order valence-electron chi connectivity index (χ1n) is 9.19. The van der Waals surface area contributed by atoms with Crippen LogP contribution in [0, 0.1) is 18.6 Å². The molecule has 0 atom stereocenters. The quantitative estimate of drug-likeness (QED) is 0.491.